The number of hydrogen-bond donors (Lipinski definition) is 0. The molecule has 0 spiro atoms. The number of ketones is 1. The van der Waals surface area contributed by atoms with Crippen molar-refractivity contribution >= 4 is 5.78 Å². The Morgan fingerprint density at radius 1 is 0.630 bits per heavy atom. The minimum Gasteiger partial charge on any atom is -0.498 e. The molecule has 0 radical (unpaired) electrons. The maximum absolute atomic E-state index is 14.4. The van der Waals surface area contributed by atoms with Crippen molar-refractivity contribution in [1.82, 2.24) is 0 Å². The number of carbonyl (C=O) groups excluding carboxylic acids is 1. The fourth-order valence-corrected chi connectivity index (χ4v) is 4.25. The van der Waals surface area contributed by atoms with Gasteiger partial charge in [0.2, 0.25) is 0 Å². The van der Waals surface area contributed by atoms with Gasteiger partial charge < -0.3 is 28.4 Å². The van der Waals surface area contributed by atoms with Crippen LogP contribution in [0.4, 0.5) is 0 Å². The summed E-state index contributed by atoms with van der Waals surface area (Å²) in [6, 6.07) is 1.82. The maximum atomic E-state index is 14.4. The zero-order valence-corrected chi connectivity index (χ0v) is 30.7. The maximum Gasteiger partial charge on any atom is 0.193 e. The molecule has 1 aromatic rings. The van der Waals surface area contributed by atoms with Crippen LogP contribution in [0.1, 0.15) is 99.9 Å². The molecule has 7 heteroatoms. The van der Waals surface area contributed by atoms with Crippen LogP contribution < -0.4 is 18.9 Å². The first kappa shape index (κ1) is 39.1. The van der Waals surface area contributed by atoms with Crippen LogP contribution >= 0.6 is 0 Å². The molecule has 46 heavy (non-hydrogen) atoms. The lowest BCUT2D eigenvalue weighted by Gasteiger charge is -2.24. The van der Waals surface area contributed by atoms with Gasteiger partial charge in [0.15, 0.2) is 28.8 Å². The van der Waals surface area contributed by atoms with E-state index in [-0.39, 0.29) is 35.4 Å². The van der Waals surface area contributed by atoms with Crippen LogP contribution in [0, 0.1) is 41.4 Å². The SMILES string of the molecule is CC(C)COC1=CC(/C=C\C(=O)c2c(OCC(C)C)c(OCC(C)C)cc(OCC(C)C)c2OCC(C)C)C(OCC(C)C)=CC1. The van der Waals surface area contributed by atoms with Crippen molar-refractivity contribution in [2.24, 2.45) is 41.4 Å². The highest BCUT2D eigenvalue weighted by molar-refractivity contribution is 6.10. The van der Waals surface area contributed by atoms with Gasteiger partial charge in [-0.25, -0.2) is 0 Å². The molecule has 1 atom stereocenters. The summed E-state index contributed by atoms with van der Waals surface area (Å²) in [6.07, 6.45) is 8.24. The fraction of sp³-hybridized carbons (Fsp3) is 0.667. The van der Waals surface area contributed by atoms with Crippen molar-refractivity contribution in [3.63, 3.8) is 0 Å². The van der Waals surface area contributed by atoms with E-state index in [0.29, 0.717) is 86.5 Å². The minimum absolute atomic E-state index is 0.232. The third-order valence-electron chi connectivity index (χ3n) is 6.52. The zero-order valence-electron chi connectivity index (χ0n) is 30.7. The molecule has 0 saturated carbocycles. The smallest absolute Gasteiger partial charge is 0.193 e. The highest BCUT2D eigenvalue weighted by Crippen LogP contribution is 2.46. The predicted octanol–water partition coefficient (Wildman–Crippen LogP) is 9.70. The van der Waals surface area contributed by atoms with E-state index in [4.69, 9.17) is 28.4 Å². The summed E-state index contributed by atoms with van der Waals surface area (Å²) in [5.74, 6) is 4.69. The van der Waals surface area contributed by atoms with Crippen molar-refractivity contribution < 1.29 is 33.2 Å². The molecule has 0 amide bonds. The molecule has 0 aliphatic heterocycles. The standard InChI is InChI=1S/C39H62O7/c1-25(2)19-41-32-14-16-34(42-20-26(3)4)31(17-32)13-15-33(40)37-38(45-23-29(9)10)35(43-21-27(5)6)18-36(44-22-28(7)8)39(37)46-24-30(11)12/h13,15-18,25-31H,14,19-24H2,1-12H3/b15-13-. The number of allylic oxidation sites excluding steroid dienone is 3. The minimum atomic E-state index is -0.256. The second-order valence-electron chi connectivity index (χ2n) is 14.8. The van der Waals surface area contributed by atoms with Crippen molar-refractivity contribution in [1.29, 1.82) is 0 Å². The molecule has 1 aromatic carbocycles. The molecule has 0 fully saturated rings. The summed E-state index contributed by atoms with van der Waals surface area (Å²) in [6.45, 7) is 28.1. The molecule has 1 unspecified atom stereocenters. The molecule has 2 rings (SSSR count). The highest BCUT2D eigenvalue weighted by Gasteiger charge is 2.29. The van der Waals surface area contributed by atoms with E-state index in [9.17, 15) is 4.79 Å². The zero-order chi connectivity index (χ0) is 34.4. The van der Waals surface area contributed by atoms with Gasteiger partial charge in [-0.2, -0.15) is 0 Å². The second-order valence-corrected chi connectivity index (χ2v) is 14.8. The van der Waals surface area contributed by atoms with Crippen molar-refractivity contribution in [2.75, 3.05) is 39.6 Å². The summed E-state index contributed by atoms with van der Waals surface area (Å²) in [7, 11) is 0. The topological polar surface area (TPSA) is 72.5 Å². The highest BCUT2D eigenvalue weighted by atomic mass is 16.5. The predicted molar refractivity (Wildman–Crippen MR) is 187 cm³/mol. The van der Waals surface area contributed by atoms with Crippen molar-refractivity contribution in [3.05, 3.63) is 47.5 Å². The van der Waals surface area contributed by atoms with E-state index in [1.165, 1.54) is 0 Å². The normalized spacial score (nSPS) is 15.3. The largest absolute Gasteiger partial charge is 0.498 e. The lowest BCUT2D eigenvalue weighted by molar-refractivity contribution is 0.103. The average molecular weight is 643 g/mol. The molecule has 0 aromatic heterocycles. The molecule has 0 heterocycles. The van der Waals surface area contributed by atoms with Crippen LogP contribution in [0.3, 0.4) is 0 Å². The molecular formula is C39H62O7. The van der Waals surface area contributed by atoms with Gasteiger partial charge in [-0.15, -0.1) is 0 Å². The number of carbonyl (C=O) groups is 1. The van der Waals surface area contributed by atoms with Crippen LogP contribution in [0.5, 0.6) is 23.0 Å². The summed E-state index contributed by atoms with van der Waals surface area (Å²) < 4.78 is 37.6. The van der Waals surface area contributed by atoms with E-state index in [2.05, 4.69) is 89.2 Å². The molecule has 7 nitrogen and oxygen atoms in total. The van der Waals surface area contributed by atoms with E-state index in [0.717, 1.165) is 11.5 Å². The van der Waals surface area contributed by atoms with Gasteiger partial charge in [0.1, 0.15) is 11.3 Å². The fourth-order valence-electron chi connectivity index (χ4n) is 4.25. The van der Waals surface area contributed by atoms with Gasteiger partial charge in [0.05, 0.1) is 51.3 Å². The number of ether oxygens (including phenoxy) is 6. The van der Waals surface area contributed by atoms with E-state index < -0.39 is 0 Å². The van der Waals surface area contributed by atoms with Crippen LogP contribution in [-0.4, -0.2) is 45.4 Å². The third kappa shape index (κ3) is 13.7. The molecule has 0 N–H and O–H groups in total. The van der Waals surface area contributed by atoms with Gasteiger partial charge in [0.25, 0.3) is 0 Å². The first-order valence-electron chi connectivity index (χ1n) is 17.3. The van der Waals surface area contributed by atoms with Gasteiger partial charge >= 0.3 is 0 Å². The van der Waals surface area contributed by atoms with Crippen LogP contribution in [0.15, 0.2) is 41.9 Å². The Balaban J connectivity index is 2.70. The second kappa shape index (κ2) is 19.5. The Kier molecular flexibility index (Phi) is 16.6. The van der Waals surface area contributed by atoms with Crippen molar-refractivity contribution in [3.8, 4) is 23.0 Å². The lowest BCUT2D eigenvalue weighted by Crippen LogP contribution is -2.16. The van der Waals surface area contributed by atoms with Gasteiger partial charge in [-0.1, -0.05) is 89.2 Å². The quantitative estimate of drug-likeness (QED) is 0.0976. The Bertz CT molecular complexity index is 1130. The molecule has 260 valence electrons. The van der Waals surface area contributed by atoms with Gasteiger partial charge in [-0.05, 0) is 53.7 Å². The molecular weight excluding hydrogens is 580 g/mol. The number of hydrogen-bond acceptors (Lipinski definition) is 7. The molecule has 1 aliphatic rings. The number of benzene rings is 1. The van der Waals surface area contributed by atoms with Crippen LogP contribution in [0.25, 0.3) is 0 Å². The Morgan fingerprint density at radius 2 is 1.04 bits per heavy atom. The Morgan fingerprint density at radius 3 is 1.50 bits per heavy atom. The third-order valence-corrected chi connectivity index (χ3v) is 6.52. The first-order valence-corrected chi connectivity index (χ1v) is 17.3. The molecule has 0 saturated heterocycles. The van der Waals surface area contributed by atoms with E-state index in [1.54, 1.807) is 6.08 Å². The summed E-state index contributed by atoms with van der Waals surface area (Å²) in [5, 5.41) is 0. The molecule has 0 bridgehead atoms. The monoisotopic (exact) mass is 642 g/mol. The molecule has 1 aliphatic carbocycles. The van der Waals surface area contributed by atoms with Crippen LogP contribution in [-0.2, 0) is 9.47 Å². The van der Waals surface area contributed by atoms with E-state index >= 15 is 0 Å². The summed E-state index contributed by atoms with van der Waals surface area (Å²) in [5.41, 5.74) is 0.308. The van der Waals surface area contributed by atoms with Crippen LogP contribution in [0.2, 0.25) is 0 Å². The summed E-state index contributed by atoms with van der Waals surface area (Å²) >= 11 is 0. The Hall–Kier alpha value is -3.09. The van der Waals surface area contributed by atoms with Crippen molar-refractivity contribution in [2.45, 2.75) is 89.5 Å². The summed E-state index contributed by atoms with van der Waals surface area (Å²) in [4.78, 5) is 14.4. The van der Waals surface area contributed by atoms with E-state index in [1.807, 2.05) is 18.2 Å². The Labute approximate surface area is 279 Å². The number of rotatable bonds is 21. The van der Waals surface area contributed by atoms with Gasteiger partial charge in [0, 0.05) is 12.5 Å². The lowest BCUT2D eigenvalue weighted by atomic mass is 9.97. The van der Waals surface area contributed by atoms with Gasteiger partial charge in [-0.3, -0.25) is 4.79 Å². The average Bonchev–Trinajstić information content (AvgIpc) is 2.97. The first-order chi connectivity index (χ1) is 21.7.